The Balaban J connectivity index is 0.00000200. The van der Waals surface area contributed by atoms with Crippen molar-refractivity contribution in [2.24, 2.45) is 5.73 Å². The van der Waals surface area contributed by atoms with Crippen LogP contribution in [-0.4, -0.2) is 45.1 Å². The van der Waals surface area contributed by atoms with Gasteiger partial charge in [0.15, 0.2) is 0 Å². The van der Waals surface area contributed by atoms with E-state index in [2.05, 4.69) is 0 Å². The number of nitrogens with two attached hydrogens (primary N) is 1. The third-order valence-electron chi connectivity index (χ3n) is 3.06. The molecule has 1 aromatic heterocycles. The summed E-state index contributed by atoms with van der Waals surface area (Å²) in [5, 5.41) is 0. The Kier molecular flexibility index (Phi) is 7.20. The lowest BCUT2D eigenvalue weighted by molar-refractivity contribution is 0.0591. The highest BCUT2D eigenvalue weighted by Gasteiger charge is 2.32. The van der Waals surface area contributed by atoms with Crippen molar-refractivity contribution in [1.82, 2.24) is 4.31 Å². The van der Waals surface area contributed by atoms with Crippen LogP contribution in [0.1, 0.15) is 12.8 Å². The monoisotopic (exact) mass is 360 g/mol. The lowest BCUT2D eigenvalue weighted by atomic mass is 10.1. The lowest BCUT2D eigenvalue weighted by Gasteiger charge is -2.32. The Morgan fingerprint density at radius 2 is 2.05 bits per heavy atom. The highest BCUT2D eigenvalue weighted by molar-refractivity contribution is 7.91. The van der Waals surface area contributed by atoms with Crippen molar-refractivity contribution < 1.29 is 13.2 Å². The number of ether oxygens (including phenoxy) is 1. The molecule has 116 valence electrons. The van der Waals surface area contributed by atoms with Crippen molar-refractivity contribution in [3.63, 3.8) is 0 Å². The zero-order valence-electron chi connectivity index (χ0n) is 10.8. The number of hydrogen-bond donors (Lipinski definition) is 1. The number of hydrogen-bond acceptors (Lipinski definition) is 5. The van der Waals surface area contributed by atoms with Crippen LogP contribution in [0.25, 0.3) is 0 Å². The van der Waals surface area contributed by atoms with Gasteiger partial charge in [-0.1, -0.05) is 11.6 Å². The molecule has 1 aliphatic rings. The van der Waals surface area contributed by atoms with E-state index in [9.17, 15) is 8.42 Å². The van der Waals surface area contributed by atoms with Crippen molar-refractivity contribution in [2.75, 3.05) is 26.3 Å². The van der Waals surface area contributed by atoms with E-state index in [-0.39, 0.29) is 22.7 Å². The van der Waals surface area contributed by atoms with Gasteiger partial charge in [0, 0.05) is 32.3 Å². The molecule has 2 heterocycles. The van der Waals surface area contributed by atoms with Gasteiger partial charge in [0.25, 0.3) is 10.0 Å². The average Bonchev–Trinajstić information content (AvgIpc) is 2.84. The molecule has 0 radical (unpaired) electrons. The summed E-state index contributed by atoms with van der Waals surface area (Å²) in [7, 11) is -3.51. The van der Waals surface area contributed by atoms with E-state index >= 15 is 0 Å². The molecule has 2 N–H and O–H groups in total. The maximum Gasteiger partial charge on any atom is 0.252 e. The topological polar surface area (TPSA) is 72.6 Å². The minimum atomic E-state index is -3.51. The number of rotatable bonds is 5. The van der Waals surface area contributed by atoms with Crippen LogP contribution in [0, 0.1) is 0 Å². The van der Waals surface area contributed by atoms with Gasteiger partial charge < -0.3 is 10.5 Å². The maximum absolute atomic E-state index is 12.6. The quantitative estimate of drug-likeness (QED) is 0.870. The molecule has 0 aromatic carbocycles. The largest absolute Gasteiger partial charge is 0.381 e. The number of nitrogens with zero attached hydrogens (tertiary/aromatic N) is 1. The fourth-order valence-corrected chi connectivity index (χ4v) is 5.46. The van der Waals surface area contributed by atoms with Crippen molar-refractivity contribution >= 4 is 45.4 Å². The second kappa shape index (κ2) is 7.93. The SMILES string of the molecule is Cl.NCCN(C1CCOCC1)S(=O)(=O)c1ccc(Cl)s1. The van der Waals surface area contributed by atoms with Gasteiger partial charge in [-0.25, -0.2) is 8.42 Å². The first-order valence-corrected chi connectivity index (χ1v) is 8.74. The van der Waals surface area contributed by atoms with Gasteiger partial charge in [0.2, 0.25) is 0 Å². The zero-order chi connectivity index (χ0) is 13.9. The van der Waals surface area contributed by atoms with Crippen molar-refractivity contribution in [3.8, 4) is 0 Å². The highest BCUT2D eigenvalue weighted by Crippen LogP contribution is 2.30. The molecule has 0 atom stereocenters. The number of thiophene rings is 1. The van der Waals surface area contributed by atoms with Crippen LogP contribution in [0.2, 0.25) is 4.34 Å². The van der Waals surface area contributed by atoms with E-state index in [0.29, 0.717) is 43.5 Å². The summed E-state index contributed by atoms with van der Waals surface area (Å²) < 4.78 is 32.8. The highest BCUT2D eigenvalue weighted by atomic mass is 35.5. The molecule has 0 amide bonds. The fraction of sp³-hybridized carbons (Fsp3) is 0.636. The molecule has 1 fully saturated rings. The third-order valence-corrected chi connectivity index (χ3v) is 6.71. The molecule has 1 aromatic rings. The Labute approximate surface area is 134 Å². The Bertz CT molecular complexity index is 515. The summed E-state index contributed by atoms with van der Waals surface area (Å²) in [5.74, 6) is 0. The number of sulfonamides is 1. The van der Waals surface area contributed by atoms with Crippen molar-refractivity contribution in [1.29, 1.82) is 0 Å². The van der Waals surface area contributed by atoms with E-state index < -0.39 is 10.0 Å². The first-order chi connectivity index (χ1) is 9.05. The minimum Gasteiger partial charge on any atom is -0.381 e. The average molecular weight is 361 g/mol. The van der Waals surface area contributed by atoms with Gasteiger partial charge in [0.05, 0.1) is 4.34 Å². The second-order valence-corrected chi connectivity index (χ2v) is 8.14. The molecule has 0 bridgehead atoms. The summed E-state index contributed by atoms with van der Waals surface area (Å²) in [6.45, 7) is 1.80. The predicted molar refractivity (Wildman–Crippen MR) is 83.4 cm³/mol. The van der Waals surface area contributed by atoms with Gasteiger partial charge in [-0.15, -0.1) is 23.7 Å². The molecule has 0 unspecified atom stereocenters. The summed E-state index contributed by atoms with van der Waals surface area (Å²) in [6.07, 6.45) is 1.41. The molecule has 0 aliphatic carbocycles. The normalized spacial score (nSPS) is 17.1. The molecule has 9 heteroatoms. The Morgan fingerprint density at radius 3 is 2.55 bits per heavy atom. The van der Waals surface area contributed by atoms with E-state index in [0.717, 1.165) is 11.3 Å². The summed E-state index contributed by atoms with van der Waals surface area (Å²) in [4.78, 5) is 0. The van der Waals surface area contributed by atoms with Crippen LogP contribution in [0.5, 0.6) is 0 Å². The zero-order valence-corrected chi connectivity index (χ0v) is 14.0. The van der Waals surface area contributed by atoms with Crippen LogP contribution in [0.15, 0.2) is 16.3 Å². The van der Waals surface area contributed by atoms with Gasteiger partial charge in [-0.2, -0.15) is 4.31 Å². The standard InChI is InChI=1S/C11H17ClN2O3S2.ClH/c12-10-1-2-11(18-10)19(15,16)14(6-5-13)9-3-7-17-8-4-9;/h1-2,9H,3-8,13H2;1H. The molecule has 0 spiro atoms. The van der Waals surface area contributed by atoms with Crippen molar-refractivity contribution in [2.45, 2.75) is 23.1 Å². The molecular formula is C11H18Cl2N2O3S2. The van der Waals surface area contributed by atoms with Crippen LogP contribution >= 0.6 is 35.3 Å². The van der Waals surface area contributed by atoms with E-state index in [1.54, 1.807) is 12.1 Å². The predicted octanol–water partition coefficient (Wildman–Crippen LogP) is 1.95. The molecule has 0 saturated carbocycles. The Hall–Kier alpha value is 0.110. The lowest BCUT2D eigenvalue weighted by Crippen LogP contribution is -2.45. The van der Waals surface area contributed by atoms with Crippen LogP contribution in [-0.2, 0) is 14.8 Å². The molecule has 5 nitrogen and oxygen atoms in total. The summed E-state index contributed by atoms with van der Waals surface area (Å²) in [6, 6.07) is 3.11. The minimum absolute atomic E-state index is 0. The molecule has 1 saturated heterocycles. The maximum atomic E-state index is 12.6. The molecule has 20 heavy (non-hydrogen) atoms. The van der Waals surface area contributed by atoms with Gasteiger partial charge >= 0.3 is 0 Å². The summed E-state index contributed by atoms with van der Waals surface area (Å²) >= 11 is 6.90. The fourth-order valence-electron chi connectivity index (χ4n) is 2.15. The third kappa shape index (κ3) is 4.07. The molecule has 1 aliphatic heterocycles. The van der Waals surface area contributed by atoms with E-state index in [1.807, 2.05) is 0 Å². The first kappa shape index (κ1) is 18.2. The first-order valence-electron chi connectivity index (χ1n) is 6.10. The van der Waals surface area contributed by atoms with Crippen LogP contribution < -0.4 is 5.73 Å². The number of halogens is 2. The van der Waals surface area contributed by atoms with Crippen LogP contribution in [0.4, 0.5) is 0 Å². The molecular weight excluding hydrogens is 343 g/mol. The molecule has 2 rings (SSSR count). The van der Waals surface area contributed by atoms with E-state index in [4.69, 9.17) is 22.1 Å². The van der Waals surface area contributed by atoms with Crippen LogP contribution in [0.3, 0.4) is 0 Å². The van der Waals surface area contributed by atoms with E-state index in [1.165, 1.54) is 4.31 Å². The second-order valence-electron chi connectivity index (χ2n) is 4.31. The van der Waals surface area contributed by atoms with Gasteiger partial charge in [0.1, 0.15) is 4.21 Å². The van der Waals surface area contributed by atoms with Crippen molar-refractivity contribution in [3.05, 3.63) is 16.5 Å². The van der Waals surface area contributed by atoms with Gasteiger partial charge in [-0.05, 0) is 25.0 Å². The summed E-state index contributed by atoms with van der Waals surface area (Å²) in [5.41, 5.74) is 5.56. The van der Waals surface area contributed by atoms with Gasteiger partial charge in [-0.3, -0.25) is 0 Å². The Morgan fingerprint density at radius 1 is 1.40 bits per heavy atom. The smallest absolute Gasteiger partial charge is 0.252 e.